The summed E-state index contributed by atoms with van der Waals surface area (Å²) in [4.78, 5) is 14.8. The maximum absolute atomic E-state index is 12.1. The van der Waals surface area contributed by atoms with Gasteiger partial charge in [-0.1, -0.05) is 19.1 Å². The lowest BCUT2D eigenvalue weighted by molar-refractivity contribution is -0.126. The van der Waals surface area contributed by atoms with E-state index in [-0.39, 0.29) is 17.4 Å². The van der Waals surface area contributed by atoms with Gasteiger partial charge in [-0.2, -0.15) is 0 Å². The molecule has 1 fully saturated rings. The highest BCUT2D eigenvalue weighted by molar-refractivity contribution is 7.80. The van der Waals surface area contributed by atoms with Crippen LogP contribution in [0.2, 0.25) is 0 Å². The molecule has 6 heteroatoms. The minimum absolute atomic E-state index is 0.0551. The third kappa shape index (κ3) is 4.68. The topological polar surface area (TPSA) is 67.6 Å². The number of nitrogens with zero attached hydrogens (tertiary/aromatic N) is 1. The molecular formula is C14H27N3O2S. The number of hydrogen-bond donors (Lipinski definition) is 2. The number of nitrogens with one attached hydrogen (secondary N) is 1. The van der Waals surface area contributed by atoms with Crippen LogP contribution in [0.15, 0.2) is 0 Å². The number of methoxy groups -OCH3 is 1. The number of rotatable bonds is 7. The summed E-state index contributed by atoms with van der Waals surface area (Å²) in [6, 6.07) is -0.103. The largest absolute Gasteiger partial charge is 0.393 e. The molecule has 1 atom stereocenters. The van der Waals surface area contributed by atoms with E-state index in [1.807, 2.05) is 6.92 Å². The minimum atomic E-state index is -0.103. The Bertz CT molecular complexity index is 341. The summed E-state index contributed by atoms with van der Waals surface area (Å²) in [5.74, 6) is 0.0834. The van der Waals surface area contributed by atoms with Crippen molar-refractivity contribution in [3.63, 3.8) is 0 Å². The van der Waals surface area contributed by atoms with Gasteiger partial charge in [0.2, 0.25) is 5.91 Å². The molecule has 1 aliphatic heterocycles. The van der Waals surface area contributed by atoms with Gasteiger partial charge in [-0.3, -0.25) is 9.69 Å². The number of likely N-dealkylation sites (tertiary alicyclic amines) is 1. The van der Waals surface area contributed by atoms with Gasteiger partial charge < -0.3 is 15.8 Å². The lowest BCUT2D eigenvalue weighted by Crippen LogP contribution is -2.52. The first-order valence-electron chi connectivity index (χ1n) is 7.21. The van der Waals surface area contributed by atoms with Gasteiger partial charge in [0, 0.05) is 25.7 Å². The normalized spacial score (nSPS) is 20.4. The van der Waals surface area contributed by atoms with E-state index in [4.69, 9.17) is 22.7 Å². The molecule has 116 valence electrons. The summed E-state index contributed by atoms with van der Waals surface area (Å²) in [7, 11) is 1.66. The number of amides is 1. The van der Waals surface area contributed by atoms with Gasteiger partial charge in [0.1, 0.15) is 0 Å². The average Bonchev–Trinajstić information content (AvgIpc) is 2.43. The van der Waals surface area contributed by atoms with Crippen molar-refractivity contribution in [1.29, 1.82) is 0 Å². The van der Waals surface area contributed by atoms with Gasteiger partial charge >= 0.3 is 0 Å². The summed E-state index contributed by atoms with van der Waals surface area (Å²) < 4.78 is 4.96. The second-order valence-corrected chi connectivity index (χ2v) is 6.21. The highest BCUT2D eigenvalue weighted by atomic mass is 32.1. The molecule has 1 rings (SSSR count). The Kier molecular flexibility index (Phi) is 6.85. The summed E-state index contributed by atoms with van der Waals surface area (Å²) in [6.07, 6.45) is 2.68. The maximum atomic E-state index is 12.1. The highest BCUT2D eigenvalue weighted by Crippen LogP contribution is 2.31. The lowest BCUT2D eigenvalue weighted by atomic mass is 9.80. The van der Waals surface area contributed by atoms with E-state index in [2.05, 4.69) is 17.1 Å². The number of carbonyl (C=O) groups excluding carboxylic acids is 1. The summed E-state index contributed by atoms with van der Waals surface area (Å²) >= 11 is 5.14. The predicted octanol–water partition coefficient (Wildman–Crippen LogP) is 0.916. The standard InChI is InChI=1S/C14H27N3O2S/c1-11(12(18)16-7-4-10-19-3)17-8-5-14(2,6-9-17)13(15)20/h11H,4-10H2,1-3H3,(H2,15,20)(H,16,18). The van der Waals surface area contributed by atoms with E-state index in [1.54, 1.807) is 7.11 Å². The van der Waals surface area contributed by atoms with Crippen molar-refractivity contribution in [2.24, 2.45) is 11.1 Å². The molecule has 5 nitrogen and oxygen atoms in total. The third-order valence-corrected chi connectivity index (χ3v) is 4.74. The van der Waals surface area contributed by atoms with Crippen LogP contribution in [0.5, 0.6) is 0 Å². The van der Waals surface area contributed by atoms with Crippen LogP contribution in [0.3, 0.4) is 0 Å². The van der Waals surface area contributed by atoms with Crippen molar-refractivity contribution < 1.29 is 9.53 Å². The lowest BCUT2D eigenvalue weighted by Gasteiger charge is -2.40. The first-order chi connectivity index (χ1) is 9.40. The Balaban J connectivity index is 2.36. The van der Waals surface area contributed by atoms with Crippen molar-refractivity contribution in [2.75, 3.05) is 33.4 Å². The van der Waals surface area contributed by atoms with Gasteiger partial charge in [-0.05, 0) is 39.3 Å². The molecule has 1 unspecified atom stereocenters. The van der Waals surface area contributed by atoms with Crippen LogP contribution in [-0.4, -0.2) is 55.2 Å². The first kappa shape index (κ1) is 17.3. The zero-order valence-electron chi connectivity index (χ0n) is 12.8. The van der Waals surface area contributed by atoms with E-state index in [0.29, 0.717) is 18.1 Å². The summed E-state index contributed by atoms with van der Waals surface area (Å²) in [6.45, 7) is 7.12. The predicted molar refractivity (Wildman–Crippen MR) is 84.7 cm³/mol. The van der Waals surface area contributed by atoms with Crippen molar-refractivity contribution >= 4 is 23.1 Å². The van der Waals surface area contributed by atoms with E-state index < -0.39 is 0 Å². The number of piperidine rings is 1. The van der Waals surface area contributed by atoms with Gasteiger partial charge in [0.15, 0.2) is 0 Å². The van der Waals surface area contributed by atoms with Crippen molar-refractivity contribution in [3.8, 4) is 0 Å². The Hall–Kier alpha value is -0.720. The van der Waals surface area contributed by atoms with Crippen molar-refractivity contribution in [1.82, 2.24) is 10.2 Å². The molecule has 0 aliphatic carbocycles. The average molecular weight is 301 g/mol. The van der Waals surface area contributed by atoms with Crippen LogP contribution in [0.25, 0.3) is 0 Å². The molecule has 1 aliphatic rings. The first-order valence-corrected chi connectivity index (χ1v) is 7.62. The summed E-state index contributed by atoms with van der Waals surface area (Å²) in [5.41, 5.74) is 5.74. The SMILES string of the molecule is COCCCNC(=O)C(C)N1CCC(C)(C(N)=S)CC1. The fourth-order valence-corrected chi connectivity index (χ4v) is 2.60. The van der Waals surface area contributed by atoms with Crippen LogP contribution in [0, 0.1) is 5.41 Å². The Morgan fingerprint density at radius 3 is 2.60 bits per heavy atom. The monoisotopic (exact) mass is 301 g/mol. The maximum Gasteiger partial charge on any atom is 0.237 e. The van der Waals surface area contributed by atoms with E-state index >= 15 is 0 Å². The molecular weight excluding hydrogens is 274 g/mol. The number of nitrogens with two attached hydrogens (primary N) is 1. The number of carbonyl (C=O) groups is 1. The molecule has 1 saturated heterocycles. The van der Waals surface area contributed by atoms with E-state index in [1.165, 1.54) is 0 Å². The Morgan fingerprint density at radius 2 is 2.10 bits per heavy atom. The zero-order valence-corrected chi connectivity index (χ0v) is 13.6. The smallest absolute Gasteiger partial charge is 0.237 e. The van der Waals surface area contributed by atoms with Crippen LogP contribution >= 0.6 is 12.2 Å². The molecule has 0 spiro atoms. The van der Waals surface area contributed by atoms with Crippen LogP contribution in [0.1, 0.15) is 33.1 Å². The molecule has 0 aromatic heterocycles. The van der Waals surface area contributed by atoms with E-state index in [9.17, 15) is 4.79 Å². The van der Waals surface area contributed by atoms with Gasteiger partial charge in [-0.25, -0.2) is 0 Å². The van der Waals surface area contributed by atoms with Crippen LogP contribution in [-0.2, 0) is 9.53 Å². The molecule has 0 aromatic rings. The van der Waals surface area contributed by atoms with Gasteiger partial charge in [-0.15, -0.1) is 0 Å². The minimum Gasteiger partial charge on any atom is -0.393 e. The van der Waals surface area contributed by atoms with Crippen LogP contribution < -0.4 is 11.1 Å². The highest BCUT2D eigenvalue weighted by Gasteiger charge is 2.35. The number of hydrogen-bond acceptors (Lipinski definition) is 4. The second kappa shape index (κ2) is 7.90. The molecule has 3 N–H and O–H groups in total. The van der Waals surface area contributed by atoms with Crippen molar-refractivity contribution in [3.05, 3.63) is 0 Å². The summed E-state index contributed by atoms with van der Waals surface area (Å²) in [5, 5.41) is 2.95. The number of ether oxygens (including phenoxy) is 1. The molecule has 1 amide bonds. The molecule has 0 bridgehead atoms. The number of thiocarbonyl (C=S) groups is 1. The fourth-order valence-electron chi connectivity index (χ4n) is 2.39. The quantitative estimate of drug-likeness (QED) is 0.540. The van der Waals surface area contributed by atoms with Gasteiger partial charge in [0.25, 0.3) is 0 Å². The molecule has 0 radical (unpaired) electrons. The molecule has 20 heavy (non-hydrogen) atoms. The molecule has 0 saturated carbocycles. The van der Waals surface area contributed by atoms with E-state index in [0.717, 1.165) is 32.4 Å². The fraction of sp³-hybridized carbons (Fsp3) is 0.857. The third-order valence-electron chi connectivity index (χ3n) is 4.25. The van der Waals surface area contributed by atoms with Crippen LogP contribution in [0.4, 0.5) is 0 Å². The Labute approximate surface area is 127 Å². The van der Waals surface area contributed by atoms with Gasteiger partial charge in [0.05, 0.1) is 11.0 Å². The Morgan fingerprint density at radius 1 is 1.50 bits per heavy atom. The molecule has 1 heterocycles. The molecule has 0 aromatic carbocycles. The second-order valence-electron chi connectivity index (χ2n) is 5.77. The zero-order chi connectivity index (χ0) is 15.2. The van der Waals surface area contributed by atoms with Crippen molar-refractivity contribution in [2.45, 2.75) is 39.2 Å².